The molecule has 0 spiro atoms. The number of rotatable bonds is 8. The van der Waals surface area contributed by atoms with Gasteiger partial charge in [-0.15, -0.1) is 24.0 Å². The van der Waals surface area contributed by atoms with Crippen molar-refractivity contribution in [2.75, 3.05) is 32.9 Å². The average Bonchev–Trinajstić information content (AvgIpc) is 3.10. The molecule has 1 aliphatic rings. The summed E-state index contributed by atoms with van der Waals surface area (Å²) in [6, 6.07) is 3.55. The van der Waals surface area contributed by atoms with Gasteiger partial charge in [-0.3, -0.25) is 4.99 Å². The third-order valence-electron chi connectivity index (χ3n) is 3.86. The molecule has 1 aromatic carbocycles. The SMILES string of the molecule is CCNC(=NCCc1cc(F)ccc1F)NC(C)COC1CCOC1.I. The minimum absolute atomic E-state index is 0. The predicted molar refractivity (Wildman–Crippen MR) is 109 cm³/mol. The van der Waals surface area contributed by atoms with Gasteiger partial charge in [0, 0.05) is 25.7 Å². The Morgan fingerprint density at radius 2 is 2.23 bits per heavy atom. The van der Waals surface area contributed by atoms with Gasteiger partial charge in [0.15, 0.2) is 5.96 Å². The van der Waals surface area contributed by atoms with Crippen molar-refractivity contribution in [3.05, 3.63) is 35.4 Å². The summed E-state index contributed by atoms with van der Waals surface area (Å²) in [6.45, 7) is 7.02. The molecular weight excluding hydrogens is 455 g/mol. The highest BCUT2D eigenvalue weighted by Gasteiger charge is 2.17. The van der Waals surface area contributed by atoms with Crippen LogP contribution < -0.4 is 10.6 Å². The minimum atomic E-state index is -0.438. The Hall–Kier alpha value is -1.00. The van der Waals surface area contributed by atoms with Crippen molar-refractivity contribution >= 4 is 29.9 Å². The lowest BCUT2D eigenvalue weighted by Crippen LogP contribution is -2.44. The summed E-state index contributed by atoms with van der Waals surface area (Å²) in [6.07, 6.45) is 1.43. The van der Waals surface area contributed by atoms with Crippen LogP contribution >= 0.6 is 24.0 Å². The lowest BCUT2D eigenvalue weighted by atomic mass is 10.1. The van der Waals surface area contributed by atoms with E-state index in [1.807, 2.05) is 13.8 Å². The molecule has 1 fully saturated rings. The monoisotopic (exact) mass is 483 g/mol. The Morgan fingerprint density at radius 1 is 1.42 bits per heavy atom. The lowest BCUT2D eigenvalue weighted by Gasteiger charge is -2.19. The fraction of sp³-hybridized carbons (Fsp3) is 0.611. The third-order valence-corrected chi connectivity index (χ3v) is 3.86. The van der Waals surface area contributed by atoms with Crippen molar-refractivity contribution in [1.82, 2.24) is 10.6 Å². The van der Waals surface area contributed by atoms with Gasteiger partial charge >= 0.3 is 0 Å². The first-order chi connectivity index (χ1) is 12.1. The summed E-state index contributed by atoms with van der Waals surface area (Å²) in [5.74, 6) is -0.208. The zero-order valence-corrected chi connectivity index (χ0v) is 17.6. The predicted octanol–water partition coefficient (Wildman–Crippen LogP) is 2.87. The van der Waals surface area contributed by atoms with Crippen molar-refractivity contribution in [2.45, 2.75) is 38.8 Å². The van der Waals surface area contributed by atoms with E-state index in [2.05, 4.69) is 15.6 Å². The highest BCUT2D eigenvalue weighted by Crippen LogP contribution is 2.10. The maximum Gasteiger partial charge on any atom is 0.191 e. The molecule has 1 aliphatic heterocycles. The Bertz CT molecular complexity index is 569. The van der Waals surface area contributed by atoms with Crippen LogP contribution in [0.25, 0.3) is 0 Å². The molecule has 2 atom stereocenters. The zero-order valence-electron chi connectivity index (χ0n) is 15.3. The van der Waals surface area contributed by atoms with Crippen LogP contribution in [0.5, 0.6) is 0 Å². The summed E-state index contributed by atoms with van der Waals surface area (Å²) in [5.41, 5.74) is 0.331. The average molecular weight is 483 g/mol. The summed E-state index contributed by atoms with van der Waals surface area (Å²) < 4.78 is 37.9. The van der Waals surface area contributed by atoms with E-state index >= 15 is 0 Å². The van der Waals surface area contributed by atoms with Crippen molar-refractivity contribution in [3.8, 4) is 0 Å². The third kappa shape index (κ3) is 8.13. The number of halogens is 3. The second-order valence-corrected chi connectivity index (χ2v) is 6.11. The molecule has 0 bridgehead atoms. The van der Waals surface area contributed by atoms with E-state index in [1.165, 1.54) is 6.07 Å². The van der Waals surface area contributed by atoms with Crippen LogP contribution in [0.15, 0.2) is 23.2 Å². The maximum absolute atomic E-state index is 13.6. The maximum atomic E-state index is 13.6. The van der Waals surface area contributed by atoms with Crippen LogP contribution in [0.3, 0.4) is 0 Å². The van der Waals surface area contributed by atoms with Crippen LogP contribution in [0.1, 0.15) is 25.8 Å². The molecular formula is C18H28F2IN3O2. The van der Waals surface area contributed by atoms with E-state index in [9.17, 15) is 8.78 Å². The number of ether oxygens (including phenoxy) is 2. The molecule has 1 aromatic rings. The van der Waals surface area contributed by atoms with Gasteiger partial charge in [0.05, 0.1) is 19.3 Å². The molecule has 0 radical (unpaired) electrons. The van der Waals surface area contributed by atoms with E-state index in [0.29, 0.717) is 44.2 Å². The molecule has 2 unspecified atom stereocenters. The quantitative estimate of drug-likeness (QED) is 0.339. The number of nitrogens with zero attached hydrogens (tertiary/aromatic N) is 1. The Balaban J connectivity index is 0.00000338. The molecule has 148 valence electrons. The van der Waals surface area contributed by atoms with Crippen LogP contribution in [-0.2, 0) is 15.9 Å². The first kappa shape index (κ1) is 23.0. The highest BCUT2D eigenvalue weighted by atomic mass is 127. The standard InChI is InChI=1S/C18H27F2N3O2.HI/c1-3-21-18(23-13(2)11-25-16-7-9-24-12-16)22-8-6-14-10-15(19)4-5-17(14)20;/h4-5,10,13,16H,3,6-9,11-12H2,1-2H3,(H2,21,22,23);1H. The summed E-state index contributed by atoms with van der Waals surface area (Å²) >= 11 is 0. The number of guanidine groups is 1. The van der Waals surface area contributed by atoms with Crippen LogP contribution in [0, 0.1) is 11.6 Å². The Kier molecular flexibility index (Phi) is 11.0. The van der Waals surface area contributed by atoms with E-state index in [-0.39, 0.29) is 36.1 Å². The van der Waals surface area contributed by atoms with Crippen LogP contribution in [0.2, 0.25) is 0 Å². The molecule has 0 amide bonds. The van der Waals surface area contributed by atoms with Crippen LogP contribution in [-0.4, -0.2) is 51.0 Å². The molecule has 8 heteroatoms. The second-order valence-electron chi connectivity index (χ2n) is 6.11. The number of aliphatic imine (C=N–C) groups is 1. The molecule has 2 N–H and O–H groups in total. The smallest absolute Gasteiger partial charge is 0.191 e. The number of hydrogen-bond acceptors (Lipinski definition) is 3. The van der Waals surface area contributed by atoms with Gasteiger partial charge in [0.1, 0.15) is 11.6 Å². The van der Waals surface area contributed by atoms with E-state index in [0.717, 1.165) is 25.2 Å². The van der Waals surface area contributed by atoms with Gasteiger partial charge < -0.3 is 20.1 Å². The van der Waals surface area contributed by atoms with E-state index < -0.39 is 11.6 Å². The molecule has 26 heavy (non-hydrogen) atoms. The van der Waals surface area contributed by atoms with Gasteiger partial charge in [0.25, 0.3) is 0 Å². The molecule has 1 heterocycles. The number of benzene rings is 1. The van der Waals surface area contributed by atoms with Gasteiger partial charge in [-0.2, -0.15) is 0 Å². The van der Waals surface area contributed by atoms with E-state index in [4.69, 9.17) is 9.47 Å². The normalized spacial score (nSPS) is 18.3. The molecule has 0 saturated carbocycles. The molecule has 0 aliphatic carbocycles. The number of hydrogen-bond donors (Lipinski definition) is 2. The summed E-state index contributed by atoms with van der Waals surface area (Å²) in [4.78, 5) is 4.42. The number of nitrogens with one attached hydrogen (secondary N) is 2. The van der Waals surface area contributed by atoms with Gasteiger partial charge in [0.2, 0.25) is 0 Å². The fourth-order valence-corrected chi connectivity index (χ4v) is 2.54. The van der Waals surface area contributed by atoms with Crippen LogP contribution in [0.4, 0.5) is 8.78 Å². The first-order valence-corrected chi connectivity index (χ1v) is 8.76. The summed E-state index contributed by atoms with van der Waals surface area (Å²) in [5, 5.41) is 6.40. The fourth-order valence-electron chi connectivity index (χ4n) is 2.54. The second kappa shape index (κ2) is 12.4. The molecule has 1 saturated heterocycles. The molecule has 2 rings (SSSR count). The highest BCUT2D eigenvalue weighted by molar-refractivity contribution is 14.0. The van der Waals surface area contributed by atoms with Gasteiger partial charge in [-0.05, 0) is 50.5 Å². The zero-order chi connectivity index (χ0) is 18.1. The minimum Gasteiger partial charge on any atom is -0.379 e. The van der Waals surface area contributed by atoms with E-state index in [1.54, 1.807) is 0 Å². The lowest BCUT2D eigenvalue weighted by molar-refractivity contribution is 0.0347. The molecule has 0 aromatic heterocycles. The summed E-state index contributed by atoms with van der Waals surface area (Å²) in [7, 11) is 0. The first-order valence-electron chi connectivity index (χ1n) is 8.76. The topological polar surface area (TPSA) is 54.9 Å². The largest absolute Gasteiger partial charge is 0.379 e. The van der Waals surface area contributed by atoms with Gasteiger partial charge in [-0.25, -0.2) is 8.78 Å². The molecule has 5 nitrogen and oxygen atoms in total. The van der Waals surface area contributed by atoms with Crippen molar-refractivity contribution in [3.63, 3.8) is 0 Å². The van der Waals surface area contributed by atoms with Crippen molar-refractivity contribution in [1.29, 1.82) is 0 Å². The Morgan fingerprint density at radius 3 is 2.92 bits per heavy atom. The van der Waals surface area contributed by atoms with Crippen molar-refractivity contribution < 1.29 is 18.3 Å². The Labute approximate surface area is 171 Å². The van der Waals surface area contributed by atoms with Gasteiger partial charge in [-0.1, -0.05) is 0 Å². The van der Waals surface area contributed by atoms with Crippen molar-refractivity contribution in [2.24, 2.45) is 4.99 Å².